The number of carbonyl (C=O) groups is 2. The largest absolute Gasteiger partial charge is 0.354 e. The first-order chi connectivity index (χ1) is 20.9. The van der Waals surface area contributed by atoms with Gasteiger partial charge in [0, 0.05) is 73.3 Å². The first-order valence-electron chi connectivity index (χ1n) is 15.3. The van der Waals surface area contributed by atoms with E-state index in [2.05, 4.69) is 54.6 Å². The molecule has 1 aromatic carbocycles. The lowest BCUT2D eigenvalue weighted by Crippen LogP contribution is -2.63. The maximum atomic E-state index is 13.9. The highest BCUT2D eigenvalue weighted by Crippen LogP contribution is 2.38. The summed E-state index contributed by atoms with van der Waals surface area (Å²) in [6, 6.07) is 7.49. The SMILES string of the molecule is Cn1cncc1CCNC(=O)C1CN([C@@H]2c3ccc(Cl)cc3CCc3cc(Br)cnc32)CCN1C(=O)NC1CCCCC1. The minimum atomic E-state index is -0.637. The van der Waals surface area contributed by atoms with Gasteiger partial charge in [0.15, 0.2) is 0 Å². The van der Waals surface area contributed by atoms with Gasteiger partial charge in [-0.3, -0.25) is 14.7 Å². The number of hydrogen-bond donors (Lipinski definition) is 2. The predicted octanol–water partition coefficient (Wildman–Crippen LogP) is 4.81. The van der Waals surface area contributed by atoms with Crippen molar-refractivity contribution in [2.24, 2.45) is 7.05 Å². The molecule has 3 heterocycles. The van der Waals surface area contributed by atoms with E-state index in [4.69, 9.17) is 16.6 Å². The molecule has 2 atom stereocenters. The summed E-state index contributed by atoms with van der Waals surface area (Å²) < 4.78 is 2.90. The van der Waals surface area contributed by atoms with Crippen LogP contribution in [0.3, 0.4) is 0 Å². The van der Waals surface area contributed by atoms with Crippen LogP contribution in [0.5, 0.6) is 0 Å². The average molecular weight is 669 g/mol. The lowest BCUT2D eigenvalue weighted by Gasteiger charge is -2.44. The van der Waals surface area contributed by atoms with Crippen molar-refractivity contribution < 1.29 is 9.59 Å². The number of nitrogens with zero attached hydrogens (tertiary/aromatic N) is 5. The number of carbonyl (C=O) groups excluding carboxylic acids is 2. The first kappa shape index (κ1) is 30.1. The summed E-state index contributed by atoms with van der Waals surface area (Å²) in [7, 11) is 1.95. The monoisotopic (exact) mass is 667 g/mol. The summed E-state index contributed by atoms with van der Waals surface area (Å²) in [6.45, 7) is 1.94. The molecule has 1 saturated heterocycles. The molecule has 2 aromatic heterocycles. The standard InChI is InChI=1S/C32H39BrClN7O2/c1-39-20-35-18-26(39)11-12-36-31(42)28-19-40(13-14-41(28)32(43)38-25-5-3-2-4-6-25)30-27-10-9-24(34)16-21(27)7-8-22-15-23(33)17-37-29(22)30/h9-10,15-18,20,25,28,30H,2-8,11-14,19H2,1H3,(H,36,42)(H,38,43)/t28?,30-/m1/s1. The van der Waals surface area contributed by atoms with E-state index < -0.39 is 6.04 Å². The third-order valence-electron chi connectivity index (χ3n) is 9.16. The highest BCUT2D eigenvalue weighted by atomic mass is 79.9. The zero-order chi connectivity index (χ0) is 29.9. The van der Waals surface area contributed by atoms with Crippen LogP contribution < -0.4 is 10.6 Å². The van der Waals surface area contributed by atoms with E-state index in [1.165, 1.54) is 17.5 Å². The van der Waals surface area contributed by atoms with E-state index in [0.29, 0.717) is 37.6 Å². The number of benzene rings is 1. The van der Waals surface area contributed by atoms with Gasteiger partial charge in [-0.15, -0.1) is 0 Å². The number of fused-ring (bicyclic) bond motifs is 2. The Hall–Kier alpha value is -2.95. The summed E-state index contributed by atoms with van der Waals surface area (Å²) in [5.41, 5.74) is 5.58. The molecular weight excluding hydrogens is 630 g/mol. The number of halogens is 2. The van der Waals surface area contributed by atoms with Crippen LogP contribution in [0, 0.1) is 0 Å². The Kier molecular flexibility index (Phi) is 9.35. The number of urea groups is 1. The van der Waals surface area contributed by atoms with Crippen molar-refractivity contribution in [3.05, 3.63) is 80.6 Å². The fraction of sp³-hybridized carbons (Fsp3) is 0.500. The third kappa shape index (κ3) is 6.76. The molecule has 3 amide bonds. The molecule has 1 saturated carbocycles. The van der Waals surface area contributed by atoms with E-state index >= 15 is 0 Å². The first-order valence-corrected chi connectivity index (χ1v) is 16.5. The fourth-order valence-corrected chi connectivity index (χ4v) is 7.42. The van der Waals surface area contributed by atoms with Gasteiger partial charge >= 0.3 is 6.03 Å². The molecule has 0 radical (unpaired) electrons. The molecule has 6 rings (SSSR count). The number of rotatable bonds is 6. The maximum Gasteiger partial charge on any atom is 0.318 e. The number of nitrogens with one attached hydrogen (secondary N) is 2. The molecule has 3 aliphatic rings. The van der Waals surface area contributed by atoms with Gasteiger partial charge in [0.1, 0.15) is 6.04 Å². The van der Waals surface area contributed by atoms with Crippen LogP contribution >= 0.6 is 27.5 Å². The lowest BCUT2D eigenvalue weighted by atomic mass is 9.95. The topological polar surface area (TPSA) is 95.4 Å². The van der Waals surface area contributed by atoms with Gasteiger partial charge in [-0.05, 0) is 76.5 Å². The Morgan fingerprint density at radius 2 is 1.88 bits per heavy atom. The van der Waals surface area contributed by atoms with Crippen LogP contribution in [0.4, 0.5) is 4.79 Å². The van der Waals surface area contributed by atoms with Crippen LogP contribution in [0.2, 0.25) is 5.02 Å². The summed E-state index contributed by atoms with van der Waals surface area (Å²) in [5.74, 6) is -0.139. The Balaban J connectivity index is 1.28. The highest BCUT2D eigenvalue weighted by Gasteiger charge is 2.40. The molecule has 2 aliphatic carbocycles. The zero-order valence-electron chi connectivity index (χ0n) is 24.6. The zero-order valence-corrected chi connectivity index (χ0v) is 26.9. The van der Waals surface area contributed by atoms with Crippen LogP contribution in [0.25, 0.3) is 0 Å². The van der Waals surface area contributed by atoms with Crippen LogP contribution in [0.15, 0.2) is 47.5 Å². The minimum Gasteiger partial charge on any atom is -0.354 e. The fourth-order valence-electron chi connectivity index (χ4n) is 6.85. The molecule has 2 fully saturated rings. The number of imidazole rings is 1. The van der Waals surface area contributed by atoms with Crippen molar-refractivity contribution in [1.82, 2.24) is 35.0 Å². The lowest BCUT2D eigenvalue weighted by molar-refractivity contribution is -0.127. The van der Waals surface area contributed by atoms with E-state index in [-0.39, 0.29) is 24.0 Å². The maximum absolute atomic E-state index is 13.9. The molecule has 11 heteroatoms. The van der Waals surface area contributed by atoms with Crippen LogP contribution in [-0.2, 0) is 31.1 Å². The molecule has 0 spiro atoms. The van der Waals surface area contributed by atoms with Crippen molar-refractivity contribution in [3.63, 3.8) is 0 Å². The Bertz CT molecular complexity index is 1420. The summed E-state index contributed by atoms with van der Waals surface area (Å²) >= 11 is 10.1. The van der Waals surface area contributed by atoms with Crippen LogP contribution in [0.1, 0.15) is 66.2 Å². The van der Waals surface area contributed by atoms with E-state index in [0.717, 1.165) is 59.9 Å². The molecule has 9 nitrogen and oxygen atoms in total. The molecule has 1 unspecified atom stereocenters. The van der Waals surface area contributed by atoms with Gasteiger partial charge in [0.05, 0.1) is 18.1 Å². The summed E-state index contributed by atoms with van der Waals surface area (Å²) in [6.07, 6.45) is 13.3. The van der Waals surface area contributed by atoms with Crippen molar-refractivity contribution in [2.45, 2.75) is 69.5 Å². The van der Waals surface area contributed by atoms with Gasteiger partial charge in [-0.25, -0.2) is 9.78 Å². The Morgan fingerprint density at radius 1 is 1.07 bits per heavy atom. The Labute approximate surface area is 266 Å². The van der Waals surface area contributed by atoms with Gasteiger partial charge in [0.2, 0.25) is 5.91 Å². The second-order valence-electron chi connectivity index (χ2n) is 12.0. The van der Waals surface area contributed by atoms with Gasteiger partial charge < -0.3 is 20.1 Å². The van der Waals surface area contributed by atoms with Gasteiger partial charge in [-0.1, -0.05) is 36.9 Å². The molecule has 228 valence electrons. The van der Waals surface area contributed by atoms with E-state index in [1.807, 2.05) is 30.1 Å². The number of amides is 3. The number of aryl methyl sites for hydroxylation is 3. The van der Waals surface area contributed by atoms with Crippen molar-refractivity contribution in [1.29, 1.82) is 0 Å². The van der Waals surface area contributed by atoms with E-state index in [9.17, 15) is 9.59 Å². The van der Waals surface area contributed by atoms with Crippen molar-refractivity contribution >= 4 is 39.5 Å². The average Bonchev–Trinajstić information content (AvgIpc) is 3.35. The molecule has 3 aromatic rings. The summed E-state index contributed by atoms with van der Waals surface area (Å²) in [4.78, 5) is 40.7. The van der Waals surface area contributed by atoms with Gasteiger partial charge in [0.25, 0.3) is 0 Å². The number of piperazine rings is 1. The normalized spacial score (nSPS) is 21.0. The second kappa shape index (κ2) is 13.4. The van der Waals surface area contributed by atoms with Crippen molar-refractivity contribution in [3.8, 4) is 0 Å². The van der Waals surface area contributed by atoms with Crippen LogP contribution in [-0.4, -0.2) is 74.5 Å². The highest BCUT2D eigenvalue weighted by molar-refractivity contribution is 9.10. The molecule has 1 aliphatic heterocycles. The predicted molar refractivity (Wildman–Crippen MR) is 170 cm³/mol. The van der Waals surface area contributed by atoms with Crippen molar-refractivity contribution in [2.75, 3.05) is 26.2 Å². The third-order valence-corrected chi connectivity index (χ3v) is 9.83. The minimum absolute atomic E-state index is 0.139. The summed E-state index contributed by atoms with van der Waals surface area (Å²) in [5, 5.41) is 7.10. The quantitative estimate of drug-likeness (QED) is 0.394. The number of aromatic nitrogens is 3. The molecule has 2 N–H and O–H groups in total. The molecular formula is C32H39BrClN7O2. The molecule has 0 bridgehead atoms. The van der Waals surface area contributed by atoms with E-state index in [1.54, 1.807) is 11.2 Å². The number of hydrogen-bond acceptors (Lipinski definition) is 5. The van der Waals surface area contributed by atoms with Gasteiger partial charge in [-0.2, -0.15) is 0 Å². The smallest absolute Gasteiger partial charge is 0.318 e. The number of pyridine rings is 1. The second-order valence-corrected chi connectivity index (χ2v) is 13.3. The molecule has 43 heavy (non-hydrogen) atoms. The Morgan fingerprint density at radius 3 is 2.67 bits per heavy atom.